The van der Waals surface area contributed by atoms with E-state index in [2.05, 4.69) is 5.32 Å². The van der Waals surface area contributed by atoms with Gasteiger partial charge in [0.1, 0.15) is 18.0 Å². The van der Waals surface area contributed by atoms with Crippen LogP contribution in [0.1, 0.15) is 0 Å². The quantitative estimate of drug-likeness (QED) is 0.280. The molecular formula is C26H20Cl2N2O4S. The molecule has 0 bridgehead atoms. The van der Waals surface area contributed by atoms with Crippen molar-refractivity contribution in [3.8, 4) is 11.5 Å². The summed E-state index contributed by atoms with van der Waals surface area (Å²) in [6.07, 6.45) is 0. The zero-order valence-electron chi connectivity index (χ0n) is 18.3. The highest BCUT2D eigenvalue weighted by atomic mass is 35.5. The molecule has 9 heteroatoms. The fraction of sp³-hybridized carbons (Fsp3) is 0.0385. The van der Waals surface area contributed by atoms with Crippen LogP contribution in [0.5, 0.6) is 11.5 Å². The molecule has 0 fully saturated rings. The number of ether oxygens (including phenoxy) is 1. The van der Waals surface area contributed by atoms with Crippen molar-refractivity contribution in [1.82, 2.24) is 0 Å². The lowest BCUT2D eigenvalue weighted by Gasteiger charge is -2.24. The molecule has 0 unspecified atom stereocenters. The molecule has 0 atom stereocenters. The molecule has 0 spiro atoms. The molecule has 0 aliphatic rings. The monoisotopic (exact) mass is 526 g/mol. The van der Waals surface area contributed by atoms with E-state index in [1.165, 1.54) is 30.3 Å². The van der Waals surface area contributed by atoms with Gasteiger partial charge in [-0.15, -0.1) is 0 Å². The minimum atomic E-state index is -4.08. The van der Waals surface area contributed by atoms with Crippen LogP contribution in [-0.2, 0) is 14.8 Å². The molecule has 0 aromatic heterocycles. The number of carbonyl (C=O) groups excluding carboxylic acids is 1. The summed E-state index contributed by atoms with van der Waals surface area (Å²) in [4.78, 5) is 12.9. The van der Waals surface area contributed by atoms with Crippen LogP contribution in [0.25, 0.3) is 0 Å². The zero-order chi connectivity index (χ0) is 24.8. The Balaban J connectivity index is 1.54. The van der Waals surface area contributed by atoms with Gasteiger partial charge in [0.15, 0.2) is 0 Å². The average Bonchev–Trinajstić information content (AvgIpc) is 2.84. The minimum Gasteiger partial charge on any atom is -0.457 e. The van der Waals surface area contributed by atoms with Gasteiger partial charge in [0.2, 0.25) is 5.91 Å². The molecule has 6 nitrogen and oxygen atoms in total. The number of benzene rings is 4. The number of sulfonamides is 1. The number of anilines is 2. The summed E-state index contributed by atoms with van der Waals surface area (Å²) in [7, 11) is -4.08. The molecule has 4 rings (SSSR count). The lowest BCUT2D eigenvalue weighted by atomic mass is 10.3. The Morgan fingerprint density at radius 1 is 0.771 bits per heavy atom. The first-order chi connectivity index (χ1) is 16.8. The molecule has 35 heavy (non-hydrogen) atoms. The highest BCUT2D eigenvalue weighted by molar-refractivity contribution is 7.92. The second-order valence-corrected chi connectivity index (χ2v) is 10.2. The summed E-state index contributed by atoms with van der Waals surface area (Å²) in [5, 5.41) is 3.21. The van der Waals surface area contributed by atoms with Crippen molar-refractivity contribution >= 4 is 50.5 Å². The summed E-state index contributed by atoms with van der Waals surface area (Å²) in [6.45, 7) is -0.490. The SMILES string of the molecule is O=C(CN(c1cc(Cl)cc(Cl)c1)S(=O)(=O)c1ccccc1)Nc1ccc(Oc2ccccc2)cc1. The van der Waals surface area contributed by atoms with E-state index in [0.717, 1.165) is 4.31 Å². The van der Waals surface area contributed by atoms with Crippen LogP contribution < -0.4 is 14.4 Å². The highest BCUT2D eigenvalue weighted by Gasteiger charge is 2.27. The van der Waals surface area contributed by atoms with Gasteiger partial charge in [0, 0.05) is 15.7 Å². The average molecular weight is 527 g/mol. The third-order valence-electron chi connectivity index (χ3n) is 4.87. The van der Waals surface area contributed by atoms with Crippen LogP contribution in [0, 0.1) is 0 Å². The second-order valence-electron chi connectivity index (χ2n) is 7.44. The number of halogens is 2. The van der Waals surface area contributed by atoms with Gasteiger partial charge in [-0.3, -0.25) is 9.10 Å². The Morgan fingerprint density at radius 2 is 1.31 bits per heavy atom. The van der Waals surface area contributed by atoms with Crippen molar-refractivity contribution in [2.75, 3.05) is 16.2 Å². The third-order valence-corrected chi connectivity index (χ3v) is 7.10. The fourth-order valence-corrected chi connectivity index (χ4v) is 5.22. The predicted octanol–water partition coefficient (Wildman–Crippen LogP) is 6.62. The highest BCUT2D eigenvalue weighted by Crippen LogP contribution is 2.30. The second kappa shape index (κ2) is 10.8. The van der Waals surface area contributed by atoms with Crippen LogP contribution in [0.15, 0.2) is 108 Å². The first-order valence-corrected chi connectivity index (χ1v) is 12.7. The van der Waals surface area contributed by atoms with Crippen molar-refractivity contribution in [1.29, 1.82) is 0 Å². The maximum Gasteiger partial charge on any atom is 0.264 e. The number of nitrogens with zero attached hydrogens (tertiary/aromatic N) is 1. The van der Waals surface area contributed by atoms with Gasteiger partial charge in [-0.05, 0) is 66.7 Å². The molecule has 4 aromatic carbocycles. The van der Waals surface area contributed by atoms with Gasteiger partial charge in [-0.2, -0.15) is 0 Å². The minimum absolute atomic E-state index is 0.0336. The first kappa shape index (κ1) is 24.6. The maximum atomic E-state index is 13.4. The van der Waals surface area contributed by atoms with E-state index in [1.807, 2.05) is 30.3 Å². The van der Waals surface area contributed by atoms with Crippen molar-refractivity contribution in [2.45, 2.75) is 4.90 Å². The fourth-order valence-electron chi connectivity index (χ4n) is 3.28. The number of carbonyl (C=O) groups is 1. The Bertz CT molecular complexity index is 1390. The molecule has 4 aromatic rings. The Hall–Kier alpha value is -3.52. The van der Waals surface area contributed by atoms with Gasteiger partial charge in [-0.1, -0.05) is 59.6 Å². The van der Waals surface area contributed by atoms with Crippen LogP contribution in [0.2, 0.25) is 10.0 Å². The zero-order valence-corrected chi connectivity index (χ0v) is 20.6. The van der Waals surface area contributed by atoms with E-state index in [1.54, 1.807) is 42.5 Å². The Morgan fingerprint density at radius 3 is 1.91 bits per heavy atom. The number of para-hydroxylation sites is 1. The lowest BCUT2D eigenvalue weighted by molar-refractivity contribution is -0.114. The largest absolute Gasteiger partial charge is 0.457 e. The smallest absolute Gasteiger partial charge is 0.264 e. The summed E-state index contributed by atoms with van der Waals surface area (Å²) < 4.78 is 33.5. The summed E-state index contributed by atoms with van der Waals surface area (Å²) in [5.41, 5.74) is 0.657. The molecule has 1 N–H and O–H groups in total. The van der Waals surface area contributed by atoms with E-state index in [9.17, 15) is 13.2 Å². The molecule has 0 saturated carbocycles. The van der Waals surface area contributed by atoms with Gasteiger partial charge in [-0.25, -0.2) is 8.42 Å². The maximum absolute atomic E-state index is 13.4. The molecule has 0 aliphatic heterocycles. The van der Waals surface area contributed by atoms with E-state index < -0.39 is 22.5 Å². The standard InChI is InChI=1S/C26H20Cl2N2O4S/c27-19-15-20(28)17-22(16-19)30(35(32,33)25-9-5-2-6-10-25)18-26(31)29-21-11-13-24(14-12-21)34-23-7-3-1-4-8-23/h1-17H,18H2,(H,29,31). The number of nitrogens with one attached hydrogen (secondary N) is 1. The van der Waals surface area contributed by atoms with Crippen LogP contribution in [0.4, 0.5) is 11.4 Å². The van der Waals surface area contributed by atoms with Crippen LogP contribution in [-0.4, -0.2) is 20.9 Å². The topological polar surface area (TPSA) is 75.7 Å². The Labute approximate surface area is 213 Å². The van der Waals surface area contributed by atoms with E-state index in [0.29, 0.717) is 17.2 Å². The van der Waals surface area contributed by atoms with Crippen molar-refractivity contribution < 1.29 is 17.9 Å². The molecular weight excluding hydrogens is 507 g/mol. The van der Waals surface area contributed by atoms with E-state index >= 15 is 0 Å². The van der Waals surface area contributed by atoms with Gasteiger partial charge < -0.3 is 10.1 Å². The summed E-state index contributed by atoms with van der Waals surface area (Å²) in [6, 6.07) is 28.2. The number of amides is 1. The molecule has 0 aliphatic carbocycles. The van der Waals surface area contributed by atoms with Crippen LogP contribution >= 0.6 is 23.2 Å². The molecule has 1 amide bonds. The van der Waals surface area contributed by atoms with Gasteiger partial charge >= 0.3 is 0 Å². The molecule has 0 radical (unpaired) electrons. The van der Waals surface area contributed by atoms with E-state index in [-0.39, 0.29) is 20.6 Å². The first-order valence-electron chi connectivity index (χ1n) is 10.5. The number of hydrogen-bond donors (Lipinski definition) is 1. The molecule has 0 heterocycles. The normalized spacial score (nSPS) is 11.0. The Kier molecular flexibility index (Phi) is 7.60. The summed E-state index contributed by atoms with van der Waals surface area (Å²) in [5.74, 6) is 0.736. The van der Waals surface area contributed by atoms with Gasteiger partial charge in [0.25, 0.3) is 10.0 Å². The van der Waals surface area contributed by atoms with Crippen molar-refractivity contribution in [3.63, 3.8) is 0 Å². The molecule has 178 valence electrons. The lowest BCUT2D eigenvalue weighted by Crippen LogP contribution is -2.38. The predicted molar refractivity (Wildman–Crippen MR) is 139 cm³/mol. The van der Waals surface area contributed by atoms with Gasteiger partial charge in [0.05, 0.1) is 10.6 Å². The number of hydrogen-bond acceptors (Lipinski definition) is 4. The number of rotatable bonds is 8. The third kappa shape index (κ3) is 6.33. The van der Waals surface area contributed by atoms with Crippen LogP contribution in [0.3, 0.4) is 0 Å². The van der Waals surface area contributed by atoms with Crippen molar-refractivity contribution in [2.24, 2.45) is 0 Å². The summed E-state index contributed by atoms with van der Waals surface area (Å²) >= 11 is 12.2. The molecule has 0 saturated heterocycles. The van der Waals surface area contributed by atoms with E-state index in [4.69, 9.17) is 27.9 Å². The van der Waals surface area contributed by atoms with Crippen molar-refractivity contribution in [3.05, 3.63) is 113 Å².